The van der Waals surface area contributed by atoms with Gasteiger partial charge in [0, 0.05) is 13.2 Å². The average molecular weight is 1110 g/mol. The lowest BCUT2D eigenvalue weighted by Gasteiger charge is -2.27. The number of aliphatic hydroxyl groups is 16. The van der Waals surface area contributed by atoms with Gasteiger partial charge in [-0.2, -0.15) is 0 Å². The van der Waals surface area contributed by atoms with Crippen LogP contribution in [0.15, 0.2) is 0 Å². The van der Waals surface area contributed by atoms with Gasteiger partial charge in [0.2, 0.25) is 0 Å². The highest BCUT2D eigenvalue weighted by Gasteiger charge is 2.23. The van der Waals surface area contributed by atoms with Crippen LogP contribution in [-0.4, -0.2) is 365 Å². The number of aliphatic hydroxyl groups excluding tert-OH is 16. The molecule has 75 heavy (non-hydrogen) atoms. The summed E-state index contributed by atoms with van der Waals surface area (Å²) in [6, 6.07) is 0. The van der Waals surface area contributed by atoms with Crippen molar-refractivity contribution in [2.24, 2.45) is 0 Å². The molecular formula is C45H92O30. The molecule has 0 aliphatic rings. The SMILES string of the molecule is OCC(O)COCC(COCC(O)CO)OCC(COC(COCC(O)CO)COCC(O)CO)OCCCOC(COC(COCC(O)CO)COCC(O)CO)COC(COCC(O)CO)COCC(O)CO. The second kappa shape index (κ2) is 51.0. The Morgan fingerprint density at radius 3 is 0.480 bits per heavy atom. The Balaban J connectivity index is 6.39. The van der Waals surface area contributed by atoms with Crippen molar-refractivity contribution >= 4 is 0 Å². The molecule has 0 aromatic carbocycles. The van der Waals surface area contributed by atoms with Crippen LogP contribution in [0.3, 0.4) is 0 Å². The highest BCUT2D eigenvalue weighted by Crippen LogP contribution is 2.10. The monoisotopic (exact) mass is 1110 g/mol. The van der Waals surface area contributed by atoms with Crippen molar-refractivity contribution in [3.63, 3.8) is 0 Å². The quantitative estimate of drug-likeness (QED) is 0.0252. The molecule has 0 aromatic heterocycles. The molecular weight excluding hydrogens is 1020 g/mol. The number of hydrogen-bond donors (Lipinski definition) is 16. The van der Waals surface area contributed by atoms with Crippen LogP contribution in [-0.2, 0) is 66.3 Å². The Morgan fingerprint density at radius 2 is 0.333 bits per heavy atom. The minimum absolute atomic E-state index is 0.00721. The fraction of sp³-hybridized carbons (Fsp3) is 1.00. The molecule has 0 spiro atoms. The predicted molar refractivity (Wildman–Crippen MR) is 254 cm³/mol. The molecule has 8 atom stereocenters. The van der Waals surface area contributed by atoms with Gasteiger partial charge in [-0.3, -0.25) is 0 Å². The molecule has 0 heterocycles. The Morgan fingerprint density at radius 1 is 0.187 bits per heavy atom. The van der Waals surface area contributed by atoms with Gasteiger partial charge < -0.3 is 148 Å². The van der Waals surface area contributed by atoms with Gasteiger partial charge in [0.25, 0.3) is 0 Å². The van der Waals surface area contributed by atoms with Crippen LogP contribution < -0.4 is 0 Å². The molecule has 452 valence electrons. The van der Waals surface area contributed by atoms with E-state index in [4.69, 9.17) is 66.3 Å². The molecule has 0 rings (SSSR count). The van der Waals surface area contributed by atoms with E-state index in [9.17, 15) is 81.7 Å². The van der Waals surface area contributed by atoms with Crippen molar-refractivity contribution in [1.82, 2.24) is 0 Å². The maximum Gasteiger partial charge on any atom is 0.104 e. The van der Waals surface area contributed by atoms with E-state index in [1.165, 1.54) is 0 Å². The van der Waals surface area contributed by atoms with Gasteiger partial charge in [-0.25, -0.2) is 0 Å². The molecule has 0 radical (unpaired) electrons. The zero-order valence-corrected chi connectivity index (χ0v) is 42.9. The third-order valence-electron chi connectivity index (χ3n) is 9.66. The molecule has 0 aliphatic carbocycles. The van der Waals surface area contributed by atoms with Crippen LogP contribution in [0, 0.1) is 0 Å². The van der Waals surface area contributed by atoms with Crippen LogP contribution in [0.2, 0.25) is 0 Å². The van der Waals surface area contributed by atoms with Gasteiger partial charge in [-0.05, 0) is 6.42 Å². The Kier molecular flexibility index (Phi) is 50.2. The summed E-state index contributed by atoms with van der Waals surface area (Å²) in [6.45, 7) is -8.32. The van der Waals surface area contributed by atoms with Crippen molar-refractivity contribution in [2.75, 3.05) is 198 Å². The molecule has 30 nitrogen and oxygen atoms in total. The molecule has 0 aromatic rings. The highest BCUT2D eigenvalue weighted by molar-refractivity contribution is 4.69. The average Bonchev–Trinajstić information content (AvgIpc) is 3.41. The summed E-state index contributed by atoms with van der Waals surface area (Å²) in [7, 11) is 0. The zero-order chi connectivity index (χ0) is 55.9. The summed E-state index contributed by atoms with van der Waals surface area (Å²) in [4.78, 5) is 0. The second-order valence-corrected chi connectivity index (χ2v) is 17.2. The number of ether oxygens (including phenoxy) is 14. The first kappa shape index (κ1) is 73.8. The summed E-state index contributed by atoms with van der Waals surface area (Å²) in [5, 5.41) is 152. The van der Waals surface area contributed by atoms with Crippen molar-refractivity contribution in [2.45, 2.75) is 91.9 Å². The molecule has 30 heteroatoms. The van der Waals surface area contributed by atoms with E-state index in [1.807, 2.05) is 0 Å². The lowest BCUT2D eigenvalue weighted by Crippen LogP contribution is -2.38. The molecule has 0 saturated carbocycles. The highest BCUT2D eigenvalue weighted by atomic mass is 16.6. The standard InChI is InChI=1S/C45H92O30/c46-4-32(54)12-62-20-40(21-63-13-33(55)5-47)72-28-44(29-73-41(22-64-14-34(56)6-48)23-65-15-35(57)7-49)70-2-1-3-71-45(30-74-42(24-66-16-36(58)8-50)25-67-17-37(59)9-51)31-75-43(26-68-18-38(60)10-52)27-69-19-39(61)11-53/h32-61H,1-31H2. The maximum absolute atomic E-state index is 9.79. The smallest absolute Gasteiger partial charge is 0.104 e. The summed E-state index contributed by atoms with van der Waals surface area (Å²) < 4.78 is 80.7. The summed E-state index contributed by atoms with van der Waals surface area (Å²) in [6.07, 6.45) is -14.3. The number of hydrogen-bond acceptors (Lipinski definition) is 30. The van der Waals surface area contributed by atoms with E-state index in [1.54, 1.807) is 0 Å². The van der Waals surface area contributed by atoms with Crippen LogP contribution >= 0.6 is 0 Å². The second-order valence-electron chi connectivity index (χ2n) is 17.2. The van der Waals surface area contributed by atoms with Crippen LogP contribution in [0.4, 0.5) is 0 Å². The van der Waals surface area contributed by atoms with Gasteiger partial charge in [0.15, 0.2) is 0 Å². The van der Waals surface area contributed by atoms with Gasteiger partial charge >= 0.3 is 0 Å². The molecule has 16 N–H and O–H groups in total. The summed E-state index contributed by atoms with van der Waals surface area (Å²) in [5.41, 5.74) is 0. The fourth-order valence-electron chi connectivity index (χ4n) is 5.50. The van der Waals surface area contributed by atoms with Gasteiger partial charge in [-0.1, -0.05) is 0 Å². The summed E-state index contributed by atoms with van der Waals surface area (Å²) in [5.74, 6) is 0. The van der Waals surface area contributed by atoms with E-state index in [-0.39, 0.29) is 152 Å². The topological polar surface area (TPSA) is 453 Å². The van der Waals surface area contributed by atoms with Gasteiger partial charge in [0.05, 0.1) is 185 Å². The lowest BCUT2D eigenvalue weighted by molar-refractivity contribution is -0.146. The predicted octanol–water partition coefficient (Wildman–Crippen LogP) is -9.35. The van der Waals surface area contributed by atoms with Crippen molar-refractivity contribution in [3.05, 3.63) is 0 Å². The Hall–Kier alpha value is -1.20. The number of rotatable bonds is 58. The first-order chi connectivity index (χ1) is 36.2. The largest absolute Gasteiger partial charge is 0.394 e. The van der Waals surface area contributed by atoms with E-state index < -0.39 is 138 Å². The van der Waals surface area contributed by atoms with Crippen molar-refractivity contribution in [1.29, 1.82) is 0 Å². The van der Waals surface area contributed by atoms with Crippen LogP contribution in [0.5, 0.6) is 0 Å². The first-order valence-corrected chi connectivity index (χ1v) is 24.8. The van der Waals surface area contributed by atoms with E-state index in [2.05, 4.69) is 0 Å². The van der Waals surface area contributed by atoms with Crippen molar-refractivity contribution in [3.8, 4) is 0 Å². The minimum atomic E-state index is -1.18. The van der Waals surface area contributed by atoms with E-state index in [0.717, 1.165) is 0 Å². The van der Waals surface area contributed by atoms with Gasteiger partial charge in [-0.15, -0.1) is 0 Å². The molecule has 0 aliphatic heterocycles. The Bertz CT molecular complexity index is 964. The lowest BCUT2D eigenvalue weighted by atomic mass is 10.3. The van der Waals surface area contributed by atoms with Gasteiger partial charge in [0.1, 0.15) is 85.5 Å². The molecule has 8 unspecified atom stereocenters. The van der Waals surface area contributed by atoms with Crippen LogP contribution in [0.1, 0.15) is 6.42 Å². The van der Waals surface area contributed by atoms with Crippen molar-refractivity contribution < 1.29 is 148 Å². The third kappa shape index (κ3) is 44.3. The van der Waals surface area contributed by atoms with E-state index in [0.29, 0.717) is 0 Å². The molecule has 0 amide bonds. The van der Waals surface area contributed by atoms with E-state index >= 15 is 0 Å². The zero-order valence-electron chi connectivity index (χ0n) is 42.9. The maximum atomic E-state index is 9.79. The summed E-state index contributed by atoms with van der Waals surface area (Å²) >= 11 is 0. The third-order valence-corrected chi connectivity index (χ3v) is 9.66. The first-order valence-electron chi connectivity index (χ1n) is 24.8. The minimum Gasteiger partial charge on any atom is -0.394 e. The molecule has 0 saturated heterocycles. The molecule has 0 fully saturated rings. The molecule has 0 bridgehead atoms. The van der Waals surface area contributed by atoms with Crippen LogP contribution in [0.25, 0.3) is 0 Å². The fourth-order valence-corrected chi connectivity index (χ4v) is 5.50. The normalized spacial score (nSPS) is 17.9. The Labute approximate surface area is 437 Å².